The molecule has 0 aromatic carbocycles. The third-order valence-corrected chi connectivity index (χ3v) is 1.23. The van der Waals surface area contributed by atoms with Crippen LogP contribution in [0.15, 0.2) is 24.3 Å². The predicted molar refractivity (Wildman–Crippen MR) is 47.3 cm³/mol. The zero-order chi connectivity index (χ0) is 8.69. The summed E-state index contributed by atoms with van der Waals surface area (Å²) in [5.41, 5.74) is 0.888. The molecule has 0 radical (unpaired) electrons. The van der Waals surface area contributed by atoms with Gasteiger partial charge in [-0.25, -0.2) is 0 Å². The van der Waals surface area contributed by atoms with E-state index in [0.29, 0.717) is 0 Å². The van der Waals surface area contributed by atoms with Crippen molar-refractivity contribution in [3.63, 3.8) is 0 Å². The second-order valence-corrected chi connectivity index (χ2v) is 2.38. The Balaban J connectivity index is 3.76. The van der Waals surface area contributed by atoms with Gasteiger partial charge in [0.2, 0.25) is 5.91 Å². The van der Waals surface area contributed by atoms with E-state index in [4.69, 9.17) is 0 Å². The molecule has 1 amide bonds. The fraction of sp³-hybridized carbons (Fsp3) is 0.444. The van der Waals surface area contributed by atoms with Crippen LogP contribution in [0.3, 0.4) is 0 Å². The Hall–Kier alpha value is -1.05. The lowest BCUT2D eigenvalue weighted by Crippen LogP contribution is -2.21. The SMILES string of the molecule is C=C/C(C)=C\C(=O)NCCC. The number of carbonyl (C=O) groups excluding carboxylic acids is 1. The zero-order valence-corrected chi connectivity index (χ0v) is 7.18. The van der Waals surface area contributed by atoms with Crippen molar-refractivity contribution in [3.05, 3.63) is 24.3 Å². The van der Waals surface area contributed by atoms with Gasteiger partial charge in [0.25, 0.3) is 0 Å². The van der Waals surface area contributed by atoms with E-state index in [1.54, 1.807) is 12.2 Å². The van der Waals surface area contributed by atoms with Gasteiger partial charge in [0.05, 0.1) is 0 Å². The van der Waals surface area contributed by atoms with Gasteiger partial charge in [0.15, 0.2) is 0 Å². The summed E-state index contributed by atoms with van der Waals surface area (Å²) in [7, 11) is 0. The molecule has 1 N–H and O–H groups in total. The minimum atomic E-state index is -0.0377. The normalized spacial score (nSPS) is 10.9. The average Bonchev–Trinajstić information content (AvgIpc) is 2.00. The number of carbonyl (C=O) groups is 1. The Morgan fingerprint density at radius 1 is 1.64 bits per heavy atom. The van der Waals surface area contributed by atoms with Crippen molar-refractivity contribution >= 4 is 5.91 Å². The van der Waals surface area contributed by atoms with Crippen molar-refractivity contribution in [2.75, 3.05) is 6.54 Å². The van der Waals surface area contributed by atoms with Gasteiger partial charge in [0.1, 0.15) is 0 Å². The van der Waals surface area contributed by atoms with Gasteiger partial charge in [-0.05, 0) is 18.9 Å². The minimum Gasteiger partial charge on any atom is -0.353 e. The van der Waals surface area contributed by atoms with Crippen molar-refractivity contribution in [2.45, 2.75) is 20.3 Å². The highest BCUT2D eigenvalue weighted by Gasteiger charge is 1.92. The van der Waals surface area contributed by atoms with E-state index in [9.17, 15) is 4.79 Å². The molecular weight excluding hydrogens is 138 g/mol. The second kappa shape index (κ2) is 5.71. The molecule has 0 saturated carbocycles. The lowest BCUT2D eigenvalue weighted by Gasteiger charge is -1.97. The molecule has 0 spiro atoms. The van der Waals surface area contributed by atoms with E-state index in [0.717, 1.165) is 18.5 Å². The standard InChI is InChI=1S/C9H15NO/c1-4-6-10-9(11)7-8(3)5-2/h5,7H,2,4,6H2,1,3H3,(H,10,11)/b8-7-. The molecule has 0 saturated heterocycles. The molecule has 0 rings (SSSR count). The molecule has 0 heterocycles. The number of allylic oxidation sites excluding steroid dienone is 2. The monoisotopic (exact) mass is 153 g/mol. The molecule has 0 aliphatic heterocycles. The number of hydrogen-bond donors (Lipinski definition) is 1. The molecule has 11 heavy (non-hydrogen) atoms. The largest absolute Gasteiger partial charge is 0.353 e. The van der Waals surface area contributed by atoms with Crippen LogP contribution in [0.5, 0.6) is 0 Å². The van der Waals surface area contributed by atoms with E-state index in [2.05, 4.69) is 11.9 Å². The van der Waals surface area contributed by atoms with Crippen LogP contribution in [-0.4, -0.2) is 12.5 Å². The molecule has 2 heteroatoms. The Morgan fingerprint density at radius 2 is 2.27 bits per heavy atom. The molecule has 2 nitrogen and oxygen atoms in total. The van der Waals surface area contributed by atoms with Crippen LogP contribution in [0.25, 0.3) is 0 Å². The summed E-state index contributed by atoms with van der Waals surface area (Å²) in [5, 5.41) is 2.73. The molecule has 0 aromatic rings. The lowest BCUT2D eigenvalue weighted by atomic mass is 10.3. The zero-order valence-electron chi connectivity index (χ0n) is 7.18. The third-order valence-electron chi connectivity index (χ3n) is 1.23. The highest BCUT2D eigenvalue weighted by molar-refractivity contribution is 5.88. The molecule has 0 unspecified atom stereocenters. The van der Waals surface area contributed by atoms with E-state index < -0.39 is 0 Å². The van der Waals surface area contributed by atoms with Crippen LogP contribution in [-0.2, 0) is 4.79 Å². The summed E-state index contributed by atoms with van der Waals surface area (Å²) in [6.07, 6.45) is 4.17. The topological polar surface area (TPSA) is 29.1 Å². The van der Waals surface area contributed by atoms with Crippen LogP contribution in [0, 0.1) is 0 Å². The maximum absolute atomic E-state index is 10.9. The summed E-state index contributed by atoms with van der Waals surface area (Å²) < 4.78 is 0. The van der Waals surface area contributed by atoms with Gasteiger partial charge in [-0.3, -0.25) is 4.79 Å². The van der Waals surface area contributed by atoms with Gasteiger partial charge in [-0.1, -0.05) is 19.6 Å². The van der Waals surface area contributed by atoms with Crippen molar-refractivity contribution in [1.29, 1.82) is 0 Å². The van der Waals surface area contributed by atoms with E-state index in [1.807, 2.05) is 13.8 Å². The molecule has 0 atom stereocenters. The number of rotatable bonds is 4. The van der Waals surface area contributed by atoms with E-state index >= 15 is 0 Å². The minimum absolute atomic E-state index is 0.0377. The summed E-state index contributed by atoms with van der Waals surface area (Å²) in [5.74, 6) is -0.0377. The van der Waals surface area contributed by atoms with Crippen LogP contribution in [0.4, 0.5) is 0 Å². The lowest BCUT2D eigenvalue weighted by molar-refractivity contribution is -0.116. The number of nitrogens with one attached hydrogen (secondary N) is 1. The Labute approximate surface area is 68.0 Å². The predicted octanol–water partition coefficient (Wildman–Crippen LogP) is 1.64. The van der Waals surface area contributed by atoms with Crippen LogP contribution >= 0.6 is 0 Å². The first-order chi connectivity index (χ1) is 5.20. The first kappa shape index (κ1) is 9.95. The van der Waals surface area contributed by atoms with Crippen molar-refractivity contribution in [1.82, 2.24) is 5.32 Å². The average molecular weight is 153 g/mol. The van der Waals surface area contributed by atoms with Crippen LogP contribution in [0.1, 0.15) is 20.3 Å². The summed E-state index contributed by atoms with van der Waals surface area (Å²) in [6.45, 7) is 8.15. The Bertz CT molecular complexity index is 170. The highest BCUT2D eigenvalue weighted by atomic mass is 16.1. The smallest absolute Gasteiger partial charge is 0.244 e. The number of hydrogen-bond acceptors (Lipinski definition) is 1. The van der Waals surface area contributed by atoms with Crippen LogP contribution in [0.2, 0.25) is 0 Å². The maximum atomic E-state index is 10.9. The van der Waals surface area contributed by atoms with Crippen molar-refractivity contribution in [3.8, 4) is 0 Å². The van der Waals surface area contributed by atoms with E-state index in [1.165, 1.54) is 0 Å². The maximum Gasteiger partial charge on any atom is 0.244 e. The molecule has 0 bridgehead atoms. The molecular formula is C9H15NO. The molecule has 0 aromatic heterocycles. The molecule has 62 valence electrons. The first-order valence-electron chi connectivity index (χ1n) is 3.79. The van der Waals surface area contributed by atoms with Crippen LogP contribution < -0.4 is 5.32 Å². The van der Waals surface area contributed by atoms with Gasteiger partial charge < -0.3 is 5.32 Å². The third kappa shape index (κ3) is 5.40. The van der Waals surface area contributed by atoms with Crippen molar-refractivity contribution < 1.29 is 4.79 Å². The van der Waals surface area contributed by atoms with Gasteiger partial charge in [-0.2, -0.15) is 0 Å². The fourth-order valence-electron chi connectivity index (χ4n) is 0.565. The second-order valence-electron chi connectivity index (χ2n) is 2.38. The van der Waals surface area contributed by atoms with Gasteiger partial charge >= 0.3 is 0 Å². The summed E-state index contributed by atoms with van der Waals surface area (Å²) in [6, 6.07) is 0. The molecule has 0 fully saturated rings. The highest BCUT2D eigenvalue weighted by Crippen LogP contribution is 1.90. The summed E-state index contributed by atoms with van der Waals surface area (Å²) in [4.78, 5) is 10.9. The Kier molecular flexibility index (Phi) is 5.17. The number of amides is 1. The quantitative estimate of drug-likeness (QED) is 0.483. The molecule has 0 aliphatic rings. The first-order valence-corrected chi connectivity index (χ1v) is 3.79. The Morgan fingerprint density at radius 3 is 2.73 bits per heavy atom. The van der Waals surface area contributed by atoms with E-state index in [-0.39, 0.29) is 5.91 Å². The van der Waals surface area contributed by atoms with Crippen molar-refractivity contribution in [2.24, 2.45) is 0 Å². The van der Waals surface area contributed by atoms with Gasteiger partial charge in [0, 0.05) is 12.6 Å². The van der Waals surface area contributed by atoms with Gasteiger partial charge in [-0.15, -0.1) is 0 Å². The molecule has 0 aliphatic carbocycles. The fourth-order valence-corrected chi connectivity index (χ4v) is 0.565. The summed E-state index contributed by atoms with van der Waals surface area (Å²) >= 11 is 0.